The molecule has 0 radical (unpaired) electrons. The van der Waals surface area contributed by atoms with Gasteiger partial charge >= 0.3 is 0 Å². The Hall–Kier alpha value is -1.39. The van der Waals surface area contributed by atoms with Crippen LogP contribution < -0.4 is 0 Å². The molecule has 0 bridgehead atoms. The minimum atomic E-state index is -0.659. The van der Waals surface area contributed by atoms with E-state index in [0.29, 0.717) is 0 Å². The Bertz CT molecular complexity index is 599. The van der Waals surface area contributed by atoms with Crippen molar-refractivity contribution in [3.8, 4) is 0 Å². The summed E-state index contributed by atoms with van der Waals surface area (Å²) in [6.07, 6.45) is 6.11. The van der Waals surface area contributed by atoms with Crippen molar-refractivity contribution in [1.82, 2.24) is 5.01 Å². The highest BCUT2D eigenvalue weighted by atomic mass is 35.5. The second-order valence-corrected chi connectivity index (χ2v) is 8.21. The maximum Gasteiger partial charge on any atom is 0.134 e. The highest BCUT2D eigenvalue weighted by Gasteiger charge is 2.53. The Kier molecular flexibility index (Phi) is 6.64. The van der Waals surface area contributed by atoms with Crippen LogP contribution in [-0.2, 0) is 6.42 Å². The second-order valence-electron chi connectivity index (χ2n) is 7.77. The number of hydrazone groups is 1. The lowest BCUT2D eigenvalue weighted by molar-refractivity contribution is -0.0841. The zero-order valence-electron chi connectivity index (χ0n) is 15.6. The molecule has 1 aromatic rings. The maximum absolute atomic E-state index is 11.6. The zero-order chi connectivity index (χ0) is 18.5. The highest BCUT2D eigenvalue weighted by Crippen LogP contribution is 2.53. The third kappa shape index (κ3) is 4.83. The summed E-state index contributed by atoms with van der Waals surface area (Å²) in [5.74, 6) is 0.271. The van der Waals surface area contributed by atoms with Gasteiger partial charge in [-0.3, -0.25) is 10.0 Å². The summed E-state index contributed by atoms with van der Waals surface area (Å²) in [6, 6.07) is 7.99. The molecule has 1 saturated carbocycles. The lowest BCUT2D eigenvalue weighted by Crippen LogP contribution is -2.46. The van der Waals surface area contributed by atoms with E-state index in [9.17, 15) is 5.11 Å². The molecule has 1 aliphatic carbocycles. The number of hydrogen-bond donors (Lipinski definition) is 1. The minimum absolute atomic E-state index is 0.0748. The lowest BCUT2D eigenvalue weighted by Gasteiger charge is -2.41. The summed E-state index contributed by atoms with van der Waals surface area (Å²) in [4.78, 5) is 3.62. The first-order valence-corrected chi connectivity index (χ1v) is 9.32. The molecule has 1 fully saturated rings. The predicted octanol–water partition coefficient (Wildman–Crippen LogP) is 4.41. The average molecular weight is 364 g/mol. The Morgan fingerprint density at radius 2 is 2.04 bits per heavy atom. The fraction of sp³-hybridized carbons (Fsp3) is 0.600. The van der Waals surface area contributed by atoms with Gasteiger partial charge in [-0.1, -0.05) is 37.6 Å². The topological polar surface area (TPSA) is 48.2 Å². The van der Waals surface area contributed by atoms with Gasteiger partial charge in [-0.2, -0.15) is 5.10 Å². The summed E-state index contributed by atoms with van der Waals surface area (Å²) in [7, 11) is 1.91. The van der Waals surface area contributed by atoms with Crippen LogP contribution in [0.3, 0.4) is 0 Å². The average Bonchev–Trinajstić information content (AvgIpc) is 2.78. The number of halogens is 1. The summed E-state index contributed by atoms with van der Waals surface area (Å²) in [5, 5.41) is 18.3. The second kappa shape index (κ2) is 8.33. The molecule has 2 atom stereocenters. The van der Waals surface area contributed by atoms with Crippen LogP contribution in [-0.4, -0.2) is 42.4 Å². The van der Waals surface area contributed by atoms with Gasteiger partial charge < -0.3 is 5.11 Å². The van der Waals surface area contributed by atoms with Crippen LogP contribution in [0.5, 0.6) is 0 Å². The molecule has 0 aromatic heterocycles. The van der Waals surface area contributed by atoms with Crippen molar-refractivity contribution in [3.63, 3.8) is 0 Å². The molecule has 1 aromatic carbocycles. The largest absolute Gasteiger partial charge is 0.389 e. The summed E-state index contributed by atoms with van der Waals surface area (Å²) >= 11 is 5.99. The van der Waals surface area contributed by atoms with Crippen molar-refractivity contribution in [1.29, 1.82) is 0 Å². The maximum atomic E-state index is 11.6. The first-order chi connectivity index (χ1) is 11.8. The standard InChI is InChI=1S/C20H30ClN3O/c1-19(2)12-10-17(14-16-6-8-18(21)9-7-16)20(19,25)11-5-13-24(4)23-15-22-3/h6-9,15,17,25H,3,5,10-14H2,1-2,4H3/b23-15-. The number of aliphatic imine (C=N–C) groups is 1. The number of hydrogen-bond acceptors (Lipinski definition) is 3. The monoisotopic (exact) mass is 363 g/mol. The van der Waals surface area contributed by atoms with Crippen LogP contribution in [0, 0.1) is 11.3 Å². The van der Waals surface area contributed by atoms with E-state index in [2.05, 4.69) is 42.8 Å². The molecule has 0 amide bonds. The highest BCUT2D eigenvalue weighted by molar-refractivity contribution is 6.30. The Labute approximate surface area is 156 Å². The van der Waals surface area contributed by atoms with Gasteiger partial charge in [0, 0.05) is 18.6 Å². The number of rotatable bonds is 8. The zero-order valence-corrected chi connectivity index (χ0v) is 16.3. The van der Waals surface area contributed by atoms with Crippen molar-refractivity contribution in [2.45, 2.75) is 51.6 Å². The molecule has 138 valence electrons. The summed E-state index contributed by atoms with van der Waals surface area (Å²) < 4.78 is 0. The van der Waals surface area contributed by atoms with Crippen LogP contribution in [0.1, 0.15) is 45.1 Å². The predicted molar refractivity (Wildman–Crippen MR) is 107 cm³/mol. The molecule has 25 heavy (non-hydrogen) atoms. The van der Waals surface area contributed by atoms with E-state index in [0.717, 1.165) is 43.7 Å². The molecule has 2 rings (SSSR count). The van der Waals surface area contributed by atoms with Crippen LogP contribution in [0.4, 0.5) is 0 Å². The van der Waals surface area contributed by atoms with Gasteiger partial charge in [0.15, 0.2) is 0 Å². The molecule has 5 heteroatoms. The molecule has 0 saturated heterocycles. The van der Waals surface area contributed by atoms with Gasteiger partial charge in [-0.25, -0.2) is 0 Å². The van der Waals surface area contributed by atoms with Gasteiger partial charge in [-0.05, 0) is 67.9 Å². The number of nitrogens with zero attached hydrogens (tertiary/aromatic N) is 3. The van der Waals surface area contributed by atoms with Crippen LogP contribution in [0.25, 0.3) is 0 Å². The Morgan fingerprint density at radius 3 is 2.68 bits per heavy atom. The van der Waals surface area contributed by atoms with E-state index in [1.165, 1.54) is 11.9 Å². The van der Waals surface area contributed by atoms with E-state index < -0.39 is 5.60 Å². The molecule has 4 nitrogen and oxygen atoms in total. The van der Waals surface area contributed by atoms with E-state index in [-0.39, 0.29) is 11.3 Å². The smallest absolute Gasteiger partial charge is 0.134 e. The van der Waals surface area contributed by atoms with Crippen molar-refractivity contribution in [2.75, 3.05) is 13.6 Å². The fourth-order valence-electron chi connectivity index (χ4n) is 4.02. The van der Waals surface area contributed by atoms with E-state index >= 15 is 0 Å². The Balaban J connectivity index is 2.02. The molecular formula is C20H30ClN3O. The molecule has 1 N–H and O–H groups in total. The SMILES string of the molecule is C=N/C=N\N(C)CCCC1(O)C(Cc2ccc(Cl)cc2)CCC1(C)C. The first kappa shape index (κ1) is 19.9. The third-order valence-corrected chi connectivity index (χ3v) is 5.98. The minimum Gasteiger partial charge on any atom is -0.389 e. The number of aliphatic hydroxyl groups is 1. The lowest BCUT2D eigenvalue weighted by atomic mass is 9.70. The van der Waals surface area contributed by atoms with Crippen molar-refractivity contribution < 1.29 is 5.11 Å². The van der Waals surface area contributed by atoms with E-state index in [4.69, 9.17) is 11.6 Å². The molecule has 0 heterocycles. The summed E-state index contributed by atoms with van der Waals surface area (Å²) in [5.41, 5.74) is 0.506. The molecule has 0 aliphatic heterocycles. The van der Waals surface area contributed by atoms with Gasteiger partial charge in [0.25, 0.3) is 0 Å². The van der Waals surface area contributed by atoms with Crippen molar-refractivity contribution >= 4 is 24.7 Å². The van der Waals surface area contributed by atoms with Crippen LogP contribution >= 0.6 is 11.6 Å². The molecule has 0 spiro atoms. The van der Waals surface area contributed by atoms with E-state index in [1.807, 2.05) is 24.2 Å². The molecule has 2 unspecified atom stereocenters. The van der Waals surface area contributed by atoms with Gasteiger partial charge in [0.2, 0.25) is 0 Å². The van der Waals surface area contributed by atoms with Gasteiger partial charge in [0.1, 0.15) is 6.34 Å². The van der Waals surface area contributed by atoms with Gasteiger partial charge in [-0.15, -0.1) is 0 Å². The van der Waals surface area contributed by atoms with Crippen LogP contribution in [0.15, 0.2) is 34.4 Å². The van der Waals surface area contributed by atoms with Crippen molar-refractivity contribution in [3.05, 3.63) is 34.9 Å². The van der Waals surface area contributed by atoms with E-state index in [1.54, 1.807) is 0 Å². The Morgan fingerprint density at radius 1 is 1.36 bits per heavy atom. The van der Waals surface area contributed by atoms with Crippen molar-refractivity contribution in [2.24, 2.45) is 21.4 Å². The number of benzene rings is 1. The molecule has 1 aliphatic rings. The van der Waals surface area contributed by atoms with Crippen LogP contribution in [0.2, 0.25) is 5.02 Å². The normalized spacial score (nSPS) is 25.4. The quantitative estimate of drug-likeness (QED) is 0.422. The molecular weight excluding hydrogens is 334 g/mol. The van der Waals surface area contributed by atoms with Gasteiger partial charge in [0.05, 0.1) is 5.60 Å². The summed E-state index contributed by atoms with van der Waals surface area (Å²) in [6.45, 7) is 8.56. The fourth-order valence-corrected chi connectivity index (χ4v) is 4.15. The first-order valence-electron chi connectivity index (χ1n) is 8.95. The third-order valence-electron chi connectivity index (χ3n) is 5.73.